The maximum atomic E-state index is 6.30. The molecular weight excluding hydrogens is 182 g/mol. The fourth-order valence-corrected chi connectivity index (χ4v) is 2.14. The Bertz CT molecular complexity index is 256. The summed E-state index contributed by atoms with van der Waals surface area (Å²) in [4.78, 5) is 3.99. The second-order valence-electron chi connectivity index (χ2n) is 3.77. The first kappa shape index (κ1) is 9.01. The van der Waals surface area contributed by atoms with Gasteiger partial charge in [-0.1, -0.05) is 6.42 Å². The fourth-order valence-electron chi connectivity index (χ4n) is 1.71. The predicted molar refractivity (Wildman–Crippen MR) is 54.9 cm³/mol. The lowest BCUT2D eigenvalue weighted by Crippen LogP contribution is -2.24. The lowest BCUT2D eigenvalue weighted by molar-refractivity contribution is 0.302. The van der Waals surface area contributed by atoms with Crippen molar-refractivity contribution >= 4 is 11.6 Å². The lowest BCUT2D eigenvalue weighted by Gasteiger charge is -2.29. The van der Waals surface area contributed by atoms with Gasteiger partial charge in [-0.05, 0) is 42.9 Å². The van der Waals surface area contributed by atoms with E-state index in [4.69, 9.17) is 11.6 Å². The molecule has 1 nitrogen and oxygen atoms in total. The Balaban J connectivity index is 1.90. The molecule has 0 spiro atoms. The minimum Gasteiger partial charge on any atom is -0.265 e. The third kappa shape index (κ3) is 2.22. The topological polar surface area (TPSA) is 12.9 Å². The van der Waals surface area contributed by atoms with E-state index >= 15 is 0 Å². The lowest BCUT2D eigenvalue weighted by atomic mass is 9.81. The maximum absolute atomic E-state index is 6.30. The van der Waals surface area contributed by atoms with Gasteiger partial charge in [0.2, 0.25) is 0 Å². The molecule has 0 saturated heterocycles. The van der Waals surface area contributed by atoms with Crippen LogP contribution in [0.3, 0.4) is 0 Å². The van der Waals surface area contributed by atoms with Gasteiger partial charge in [0.1, 0.15) is 0 Å². The standard InChI is InChI=1S/C11H14ClN/c12-11(10-2-1-3-10)8-9-4-6-13-7-5-9/h4-7,10-11H,1-3,8H2. The molecule has 2 rings (SSSR count). The first-order valence-electron chi connectivity index (χ1n) is 4.89. The van der Waals surface area contributed by atoms with Gasteiger partial charge in [-0.3, -0.25) is 4.98 Å². The zero-order valence-corrected chi connectivity index (χ0v) is 8.37. The van der Waals surface area contributed by atoms with Gasteiger partial charge in [0.05, 0.1) is 0 Å². The Hall–Kier alpha value is -0.560. The van der Waals surface area contributed by atoms with Crippen LogP contribution in [-0.4, -0.2) is 10.4 Å². The number of hydrogen-bond donors (Lipinski definition) is 0. The van der Waals surface area contributed by atoms with Crippen LogP contribution in [0, 0.1) is 5.92 Å². The summed E-state index contributed by atoms with van der Waals surface area (Å²) in [5.74, 6) is 0.759. The number of rotatable bonds is 3. The molecule has 0 N–H and O–H groups in total. The summed E-state index contributed by atoms with van der Waals surface area (Å²) in [5, 5.41) is 0.330. The van der Waals surface area contributed by atoms with Gasteiger partial charge in [0.15, 0.2) is 0 Å². The van der Waals surface area contributed by atoms with Crippen LogP contribution in [0.15, 0.2) is 24.5 Å². The van der Waals surface area contributed by atoms with Crippen molar-refractivity contribution in [2.75, 3.05) is 0 Å². The van der Waals surface area contributed by atoms with Crippen LogP contribution in [-0.2, 0) is 6.42 Å². The van der Waals surface area contributed by atoms with Crippen LogP contribution in [0.4, 0.5) is 0 Å². The Morgan fingerprint density at radius 1 is 1.38 bits per heavy atom. The summed E-state index contributed by atoms with van der Waals surface area (Å²) in [6.07, 6.45) is 8.66. The molecule has 2 heteroatoms. The highest BCUT2D eigenvalue weighted by molar-refractivity contribution is 6.21. The molecule has 0 bridgehead atoms. The summed E-state index contributed by atoms with van der Waals surface area (Å²) < 4.78 is 0. The normalized spacial score (nSPS) is 19.5. The van der Waals surface area contributed by atoms with Crippen LogP contribution in [0.2, 0.25) is 0 Å². The molecule has 1 atom stereocenters. The molecule has 1 aromatic rings. The van der Waals surface area contributed by atoms with Crippen LogP contribution in [0.1, 0.15) is 24.8 Å². The summed E-state index contributed by atoms with van der Waals surface area (Å²) in [6.45, 7) is 0. The molecular formula is C11H14ClN. The highest BCUT2D eigenvalue weighted by atomic mass is 35.5. The number of aromatic nitrogens is 1. The molecule has 13 heavy (non-hydrogen) atoms. The zero-order valence-electron chi connectivity index (χ0n) is 7.62. The first-order valence-corrected chi connectivity index (χ1v) is 5.33. The summed E-state index contributed by atoms with van der Waals surface area (Å²) in [5.41, 5.74) is 1.31. The Kier molecular flexibility index (Phi) is 2.84. The van der Waals surface area contributed by atoms with E-state index in [9.17, 15) is 0 Å². The first-order chi connectivity index (χ1) is 6.36. The minimum atomic E-state index is 0.330. The molecule has 1 fully saturated rings. The van der Waals surface area contributed by atoms with Crippen LogP contribution < -0.4 is 0 Å². The van der Waals surface area contributed by atoms with Crippen LogP contribution >= 0.6 is 11.6 Å². The quantitative estimate of drug-likeness (QED) is 0.676. The van der Waals surface area contributed by atoms with Crippen molar-refractivity contribution in [3.05, 3.63) is 30.1 Å². The number of alkyl halides is 1. The molecule has 70 valence electrons. The van der Waals surface area contributed by atoms with Gasteiger partial charge >= 0.3 is 0 Å². The van der Waals surface area contributed by atoms with Crippen molar-refractivity contribution in [2.24, 2.45) is 5.92 Å². The highest BCUT2D eigenvalue weighted by Gasteiger charge is 2.25. The Labute approximate surface area is 84.1 Å². The molecule has 0 aliphatic heterocycles. The van der Waals surface area contributed by atoms with Gasteiger partial charge in [-0.15, -0.1) is 11.6 Å². The molecule has 1 aliphatic carbocycles. The zero-order chi connectivity index (χ0) is 9.10. The molecule has 1 aliphatic rings. The third-order valence-electron chi connectivity index (χ3n) is 2.84. The average molecular weight is 196 g/mol. The predicted octanol–water partition coefficient (Wildman–Crippen LogP) is 3.03. The van der Waals surface area contributed by atoms with E-state index in [2.05, 4.69) is 4.98 Å². The van der Waals surface area contributed by atoms with Crippen LogP contribution in [0.25, 0.3) is 0 Å². The number of halogens is 1. The van der Waals surface area contributed by atoms with Crippen molar-refractivity contribution in [2.45, 2.75) is 31.1 Å². The van der Waals surface area contributed by atoms with Gasteiger partial charge in [0.25, 0.3) is 0 Å². The van der Waals surface area contributed by atoms with E-state index in [1.807, 2.05) is 24.5 Å². The van der Waals surface area contributed by atoms with E-state index in [1.165, 1.54) is 24.8 Å². The molecule has 1 aromatic heterocycles. The van der Waals surface area contributed by atoms with Gasteiger partial charge in [0, 0.05) is 17.8 Å². The summed E-state index contributed by atoms with van der Waals surface area (Å²) in [7, 11) is 0. The third-order valence-corrected chi connectivity index (χ3v) is 3.35. The molecule has 0 aromatic carbocycles. The maximum Gasteiger partial charge on any atom is 0.0404 e. The van der Waals surface area contributed by atoms with E-state index < -0.39 is 0 Å². The summed E-state index contributed by atoms with van der Waals surface area (Å²) >= 11 is 6.30. The highest BCUT2D eigenvalue weighted by Crippen LogP contribution is 2.33. The molecule has 0 amide bonds. The van der Waals surface area contributed by atoms with Crippen molar-refractivity contribution in [1.29, 1.82) is 0 Å². The molecule has 1 heterocycles. The fraction of sp³-hybridized carbons (Fsp3) is 0.545. The Morgan fingerprint density at radius 2 is 2.08 bits per heavy atom. The number of nitrogens with zero attached hydrogens (tertiary/aromatic N) is 1. The van der Waals surface area contributed by atoms with E-state index in [0.717, 1.165) is 12.3 Å². The second-order valence-corrected chi connectivity index (χ2v) is 4.33. The van der Waals surface area contributed by atoms with Gasteiger partial charge in [-0.25, -0.2) is 0 Å². The summed E-state index contributed by atoms with van der Waals surface area (Å²) in [6, 6.07) is 4.10. The largest absolute Gasteiger partial charge is 0.265 e. The van der Waals surface area contributed by atoms with Crippen molar-refractivity contribution in [3.8, 4) is 0 Å². The molecule has 1 unspecified atom stereocenters. The van der Waals surface area contributed by atoms with Crippen molar-refractivity contribution in [1.82, 2.24) is 4.98 Å². The monoisotopic (exact) mass is 195 g/mol. The SMILES string of the molecule is ClC(Cc1ccncc1)C1CCC1. The van der Waals surface area contributed by atoms with E-state index in [0.29, 0.717) is 5.38 Å². The van der Waals surface area contributed by atoms with Gasteiger partial charge < -0.3 is 0 Å². The minimum absolute atomic E-state index is 0.330. The molecule has 0 radical (unpaired) electrons. The molecule has 1 saturated carbocycles. The number of pyridine rings is 1. The smallest absolute Gasteiger partial charge is 0.0404 e. The van der Waals surface area contributed by atoms with Gasteiger partial charge in [-0.2, -0.15) is 0 Å². The van der Waals surface area contributed by atoms with Crippen molar-refractivity contribution in [3.63, 3.8) is 0 Å². The average Bonchev–Trinajstić information content (AvgIpc) is 2.02. The number of hydrogen-bond acceptors (Lipinski definition) is 1. The second kappa shape index (κ2) is 4.10. The Morgan fingerprint density at radius 3 is 2.62 bits per heavy atom. The van der Waals surface area contributed by atoms with Crippen LogP contribution in [0.5, 0.6) is 0 Å². The van der Waals surface area contributed by atoms with E-state index in [-0.39, 0.29) is 0 Å². The van der Waals surface area contributed by atoms with Crippen molar-refractivity contribution < 1.29 is 0 Å². The van der Waals surface area contributed by atoms with E-state index in [1.54, 1.807) is 0 Å².